The lowest BCUT2D eigenvalue weighted by atomic mass is 9.97. The Morgan fingerprint density at radius 1 is 1.09 bits per heavy atom. The Morgan fingerprint density at radius 3 is 2.36 bits per heavy atom. The molecule has 0 radical (unpaired) electrons. The highest BCUT2D eigenvalue weighted by molar-refractivity contribution is 5.97. The molecular formula is C18H26O4. The molecule has 0 aliphatic heterocycles. The Bertz CT molecular complexity index is 471. The van der Waals surface area contributed by atoms with E-state index in [0.717, 1.165) is 31.3 Å². The van der Waals surface area contributed by atoms with Gasteiger partial charge < -0.3 is 9.47 Å². The third kappa shape index (κ3) is 5.88. The second-order valence-electron chi connectivity index (χ2n) is 5.38. The van der Waals surface area contributed by atoms with E-state index in [-0.39, 0.29) is 0 Å². The average Bonchev–Trinajstić information content (AvgIpc) is 2.69. The maximum atomic E-state index is 12.3. The molecular weight excluding hydrogens is 280 g/mol. The predicted octanol–water partition coefficient (Wildman–Crippen LogP) is 3.73. The van der Waals surface area contributed by atoms with Crippen LogP contribution in [0.3, 0.4) is 0 Å². The first-order valence-corrected chi connectivity index (χ1v) is 8.00. The summed E-state index contributed by atoms with van der Waals surface area (Å²) in [6, 6.07) is 0. The smallest absolute Gasteiger partial charge is 0.335 e. The summed E-state index contributed by atoms with van der Waals surface area (Å²) in [6.45, 7) is 6.70. The number of unbranched alkanes of at least 4 members (excludes halogenated alkanes) is 2. The molecule has 0 aromatic carbocycles. The molecule has 1 unspecified atom stereocenters. The molecule has 0 amide bonds. The summed E-state index contributed by atoms with van der Waals surface area (Å²) in [5, 5.41) is 0. The van der Waals surface area contributed by atoms with E-state index in [9.17, 15) is 9.59 Å². The van der Waals surface area contributed by atoms with Crippen LogP contribution in [-0.4, -0.2) is 25.2 Å². The summed E-state index contributed by atoms with van der Waals surface area (Å²) in [6.07, 6.45) is 10.6. The van der Waals surface area contributed by atoms with Gasteiger partial charge in [-0.2, -0.15) is 0 Å². The van der Waals surface area contributed by atoms with Gasteiger partial charge in [-0.15, -0.1) is 0 Å². The molecule has 122 valence electrons. The van der Waals surface area contributed by atoms with Gasteiger partial charge in [-0.1, -0.05) is 56.6 Å². The van der Waals surface area contributed by atoms with E-state index in [0.29, 0.717) is 18.8 Å². The predicted molar refractivity (Wildman–Crippen MR) is 86.2 cm³/mol. The van der Waals surface area contributed by atoms with Crippen molar-refractivity contribution < 1.29 is 19.1 Å². The Hall–Kier alpha value is -1.84. The fourth-order valence-corrected chi connectivity index (χ4v) is 2.00. The van der Waals surface area contributed by atoms with Crippen molar-refractivity contribution in [3.63, 3.8) is 0 Å². The van der Waals surface area contributed by atoms with Crippen molar-refractivity contribution in [3.05, 3.63) is 35.5 Å². The van der Waals surface area contributed by atoms with Gasteiger partial charge in [0.1, 0.15) is 5.92 Å². The fourth-order valence-electron chi connectivity index (χ4n) is 2.00. The first kappa shape index (κ1) is 18.2. The van der Waals surface area contributed by atoms with E-state index in [1.165, 1.54) is 0 Å². The van der Waals surface area contributed by atoms with E-state index in [1.54, 1.807) is 18.2 Å². The van der Waals surface area contributed by atoms with Crippen molar-refractivity contribution in [3.8, 4) is 0 Å². The zero-order valence-corrected chi connectivity index (χ0v) is 13.8. The zero-order chi connectivity index (χ0) is 16.4. The van der Waals surface area contributed by atoms with Crippen LogP contribution in [0.5, 0.6) is 0 Å². The Labute approximate surface area is 132 Å². The summed E-state index contributed by atoms with van der Waals surface area (Å²) in [5.41, 5.74) is 1.26. The first-order valence-electron chi connectivity index (χ1n) is 8.00. The summed E-state index contributed by atoms with van der Waals surface area (Å²) in [4.78, 5) is 24.5. The molecule has 0 N–H and O–H groups in total. The van der Waals surface area contributed by atoms with Gasteiger partial charge in [0.05, 0.1) is 18.8 Å². The highest BCUT2D eigenvalue weighted by Gasteiger charge is 2.28. The summed E-state index contributed by atoms with van der Waals surface area (Å²) >= 11 is 0. The molecule has 1 atom stereocenters. The number of carbonyl (C=O) groups excluding carboxylic acids is 2. The monoisotopic (exact) mass is 306 g/mol. The van der Waals surface area contributed by atoms with Crippen molar-refractivity contribution in [1.29, 1.82) is 0 Å². The molecule has 0 bridgehead atoms. The molecule has 1 rings (SSSR count). The molecule has 1 aliphatic rings. The number of carbonyl (C=O) groups is 2. The van der Waals surface area contributed by atoms with Crippen molar-refractivity contribution in [2.24, 2.45) is 5.92 Å². The van der Waals surface area contributed by atoms with Crippen LogP contribution in [0.1, 0.15) is 46.5 Å². The molecule has 4 heteroatoms. The van der Waals surface area contributed by atoms with Gasteiger partial charge in [-0.25, -0.2) is 4.79 Å². The van der Waals surface area contributed by atoms with Gasteiger partial charge in [0, 0.05) is 0 Å². The SMILES string of the molecule is CCCCOC(=O)C1=CC=CC(C)=CC1C(=O)OCCCC. The molecule has 0 fully saturated rings. The zero-order valence-electron chi connectivity index (χ0n) is 13.8. The standard InChI is InChI=1S/C18H26O4/c1-4-6-11-21-17(19)15-10-8-9-14(3)13-16(15)18(20)22-12-7-5-2/h8-10,13,16H,4-7,11-12H2,1-3H3. The van der Waals surface area contributed by atoms with Crippen LogP contribution in [0, 0.1) is 5.92 Å². The number of esters is 2. The lowest BCUT2D eigenvalue weighted by Gasteiger charge is -2.15. The maximum absolute atomic E-state index is 12.3. The second kappa shape index (κ2) is 9.98. The highest BCUT2D eigenvalue weighted by atomic mass is 16.5. The van der Waals surface area contributed by atoms with E-state index >= 15 is 0 Å². The van der Waals surface area contributed by atoms with Crippen LogP contribution >= 0.6 is 0 Å². The quantitative estimate of drug-likeness (QED) is 0.506. The average molecular weight is 306 g/mol. The van der Waals surface area contributed by atoms with Crippen molar-refractivity contribution in [2.45, 2.75) is 46.5 Å². The molecule has 0 aromatic rings. The molecule has 0 saturated heterocycles. The first-order chi connectivity index (χ1) is 10.6. The van der Waals surface area contributed by atoms with Crippen molar-refractivity contribution >= 4 is 11.9 Å². The minimum atomic E-state index is -0.694. The molecule has 1 aliphatic carbocycles. The van der Waals surface area contributed by atoms with Crippen LogP contribution < -0.4 is 0 Å². The topological polar surface area (TPSA) is 52.6 Å². The maximum Gasteiger partial charge on any atom is 0.335 e. The van der Waals surface area contributed by atoms with E-state index in [4.69, 9.17) is 9.47 Å². The van der Waals surface area contributed by atoms with E-state index in [2.05, 4.69) is 0 Å². The van der Waals surface area contributed by atoms with Crippen LogP contribution in [-0.2, 0) is 19.1 Å². The van der Waals surface area contributed by atoms with Gasteiger partial charge in [-0.05, 0) is 19.8 Å². The lowest BCUT2D eigenvalue weighted by molar-refractivity contribution is -0.149. The number of allylic oxidation sites excluding steroid dienone is 4. The lowest BCUT2D eigenvalue weighted by Crippen LogP contribution is -2.24. The summed E-state index contributed by atoms with van der Waals surface area (Å²) in [7, 11) is 0. The summed E-state index contributed by atoms with van der Waals surface area (Å²) in [5.74, 6) is -1.53. The van der Waals surface area contributed by atoms with Crippen molar-refractivity contribution in [2.75, 3.05) is 13.2 Å². The number of rotatable bonds is 8. The molecule has 4 nitrogen and oxygen atoms in total. The van der Waals surface area contributed by atoms with Gasteiger partial charge in [0.2, 0.25) is 0 Å². The Kier molecular flexibility index (Phi) is 8.26. The van der Waals surface area contributed by atoms with Gasteiger partial charge >= 0.3 is 11.9 Å². The fraction of sp³-hybridized carbons (Fsp3) is 0.556. The van der Waals surface area contributed by atoms with Crippen molar-refractivity contribution in [1.82, 2.24) is 0 Å². The molecule has 0 saturated carbocycles. The second-order valence-corrected chi connectivity index (χ2v) is 5.38. The van der Waals surface area contributed by atoms with E-state index < -0.39 is 17.9 Å². The largest absolute Gasteiger partial charge is 0.465 e. The van der Waals surface area contributed by atoms with Gasteiger partial charge in [-0.3, -0.25) is 4.79 Å². The minimum Gasteiger partial charge on any atom is -0.465 e. The van der Waals surface area contributed by atoms with Crippen LogP contribution in [0.25, 0.3) is 0 Å². The Balaban J connectivity index is 2.80. The highest BCUT2D eigenvalue weighted by Crippen LogP contribution is 2.22. The van der Waals surface area contributed by atoms with Gasteiger partial charge in [0.25, 0.3) is 0 Å². The van der Waals surface area contributed by atoms with Gasteiger partial charge in [0.15, 0.2) is 0 Å². The number of hydrogen-bond acceptors (Lipinski definition) is 4. The third-order valence-electron chi connectivity index (χ3n) is 3.36. The van der Waals surface area contributed by atoms with Crippen LogP contribution in [0.4, 0.5) is 0 Å². The number of hydrogen-bond donors (Lipinski definition) is 0. The molecule has 0 heterocycles. The number of ether oxygens (including phenoxy) is 2. The van der Waals surface area contributed by atoms with Crippen LogP contribution in [0.15, 0.2) is 35.5 Å². The van der Waals surface area contributed by atoms with Crippen LogP contribution in [0.2, 0.25) is 0 Å². The molecule has 0 spiro atoms. The van der Waals surface area contributed by atoms with E-state index in [1.807, 2.05) is 26.8 Å². The minimum absolute atomic E-state index is 0.339. The normalized spacial score (nSPS) is 17.3. The molecule has 0 aromatic heterocycles. The molecule has 22 heavy (non-hydrogen) atoms. The third-order valence-corrected chi connectivity index (χ3v) is 3.36. The summed E-state index contributed by atoms with van der Waals surface area (Å²) < 4.78 is 10.5. The Morgan fingerprint density at radius 2 is 1.73 bits per heavy atom.